The third kappa shape index (κ3) is 3.88. The molecule has 0 unspecified atom stereocenters. The van der Waals surface area contributed by atoms with Gasteiger partial charge in [-0.1, -0.05) is 11.8 Å². The fraction of sp³-hybridized carbons (Fsp3) is 0.267. The fourth-order valence-corrected chi connectivity index (χ4v) is 2.53. The first-order valence-electron chi connectivity index (χ1n) is 6.46. The summed E-state index contributed by atoms with van der Waals surface area (Å²) in [6.07, 6.45) is 0. The van der Waals surface area contributed by atoms with Gasteiger partial charge in [0.2, 0.25) is 0 Å². The molecule has 1 heterocycles. The molecule has 0 saturated heterocycles. The minimum atomic E-state index is -0.881. The summed E-state index contributed by atoms with van der Waals surface area (Å²) in [5.41, 5.74) is 1.55. The summed E-state index contributed by atoms with van der Waals surface area (Å²) in [7, 11) is 3.13. The summed E-state index contributed by atoms with van der Waals surface area (Å²) in [6.45, 7) is 1.84. The maximum Gasteiger partial charge on any atom is 0.313 e. The Hall–Kier alpha value is -2.28. The standard InChI is InChI=1S/C15H16N2O4S/c1-9-6-13(22-8-14(18)19)17-15(16-9)10-4-5-11(20-2)12(7-10)21-3/h4-7H,8H2,1-3H3,(H,18,19). The Morgan fingerprint density at radius 2 is 1.91 bits per heavy atom. The summed E-state index contributed by atoms with van der Waals surface area (Å²) in [5.74, 6) is 0.814. The van der Waals surface area contributed by atoms with Gasteiger partial charge in [0.15, 0.2) is 17.3 Å². The molecule has 0 bridgehead atoms. The normalized spacial score (nSPS) is 10.3. The number of methoxy groups -OCH3 is 2. The van der Waals surface area contributed by atoms with Gasteiger partial charge >= 0.3 is 5.97 Å². The number of carboxylic acids is 1. The number of aryl methyl sites for hydroxylation is 1. The second-order valence-corrected chi connectivity index (χ2v) is 5.42. The smallest absolute Gasteiger partial charge is 0.313 e. The number of thioether (sulfide) groups is 1. The highest BCUT2D eigenvalue weighted by atomic mass is 32.2. The van der Waals surface area contributed by atoms with Gasteiger partial charge in [-0.3, -0.25) is 4.79 Å². The van der Waals surface area contributed by atoms with Gasteiger partial charge in [0.1, 0.15) is 5.03 Å². The van der Waals surface area contributed by atoms with E-state index in [4.69, 9.17) is 14.6 Å². The Balaban J connectivity index is 2.37. The van der Waals surface area contributed by atoms with Gasteiger partial charge in [0, 0.05) is 11.3 Å². The number of carboxylic acid groups (broad SMARTS) is 1. The van der Waals surface area contributed by atoms with Crippen molar-refractivity contribution < 1.29 is 19.4 Å². The van der Waals surface area contributed by atoms with Gasteiger partial charge < -0.3 is 14.6 Å². The van der Waals surface area contributed by atoms with Crippen LogP contribution in [0.1, 0.15) is 5.69 Å². The van der Waals surface area contributed by atoms with Crippen LogP contribution in [0.5, 0.6) is 11.5 Å². The van der Waals surface area contributed by atoms with Gasteiger partial charge in [-0.25, -0.2) is 9.97 Å². The van der Waals surface area contributed by atoms with Crippen LogP contribution in [-0.4, -0.2) is 41.0 Å². The fourth-order valence-electron chi connectivity index (χ4n) is 1.85. The molecular weight excluding hydrogens is 304 g/mol. The molecule has 0 atom stereocenters. The quantitative estimate of drug-likeness (QED) is 0.647. The Morgan fingerprint density at radius 3 is 2.55 bits per heavy atom. The molecule has 2 rings (SSSR count). The van der Waals surface area contributed by atoms with Crippen LogP contribution in [0.25, 0.3) is 11.4 Å². The summed E-state index contributed by atoms with van der Waals surface area (Å²) in [4.78, 5) is 19.5. The van der Waals surface area contributed by atoms with E-state index in [9.17, 15) is 4.79 Å². The highest BCUT2D eigenvalue weighted by molar-refractivity contribution is 7.99. The van der Waals surface area contributed by atoms with E-state index in [0.29, 0.717) is 22.3 Å². The SMILES string of the molecule is COc1ccc(-c2nc(C)cc(SCC(=O)O)n2)cc1OC. The predicted octanol–water partition coefficient (Wildman–Crippen LogP) is 2.65. The maximum absolute atomic E-state index is 10.7. The molecule has 0 spiro atoms. The second kappa shape index (κ2) is 7.13. The van der Waals surface area contributed by atoms with Crippen LogP contribution in [0.2, 0.25) is 0 Å². The Bertz CT molecular complexity index is 691. The number of carbonyl (C=O) groups is 1. The van der Waals surface area contributed by atoms with Gasteiger partial charge in [-0.15, -0.1) is 0 Å². The Labute approximate surface area is 132 Å². The van der Waals surface area contributed by atoms with Crippen molar-refractivity contribution in [1.82, 2.24) is 9.97 Å². The Morgan fingerprint density at radius 1 is 1.18 bits per heavy atom. The largest absolute Gasteiger partial charge is 0.493 e. The Kier molecular flexibility index (Phi) is 5.21. The van der Waals surface area contributed by atoms with E-state index in [2.05, 4.69) is 9.97 Å². The molecule has 0 radical (unpaired) electrons. The van der Waals surface area contributed by atoms with Crippen molar-refractivity contribution >= 4 is 17.7 Å². The molecule has 22 heavy (non-hydrogen) atoms. The third-order valence-electron chi connectivity index (χ3n) is 2.82. The highest BCUT2D eigenvalue weighted by Gasteiger charge is 2.11. The van der Waals surface area contributed by atoms with Crippen molar-refractivity contribution in [2.75, 3.05) is 20.0 Å². The molecule has 6 nitrogen and oxygen atoms in total. The molecule has 1 N–H and O–H groups in total. The molecule has 7 heteroatoms. The van der Waals surface area contributed by atoms with Crippen LogP contribution in [0.3, 0.4) is 0 Å². The van der Waals surface area contributed by atoms with Crippen molar-refractivity contribution in [3.05, 3.63) is 30.0 Å². The minimum Gasteiger partial charge on any atom is -0.493 e. The number of benzene rings is 1. The van der Waals surface area contributed by atoms with Gasteiger partial charge in [0.25, 0.3) is 0 Å². The molecule has 0 fully saturated rings. The lowest BCUT2D eigenvalue weighted by atomic mass is 10.2. The zero-order chi connectivity index (χ0) is 16.1. The first-order valence-corrected chi connectivity index (χ1v) is 7.44. The second-order valence-electron chi connectivity index (χ2n) is 4.42. The van der Waals surface area contributed by atoms with Gasteiger partial charge in [-0.2, -0.15) is 0 Å². The van der Waals surface area contributed by atoms with E-state index in [1.165, 1.54) is 0 Å². The summed E-state index contributed by atoms with van der Waals surface area (Å²) in [6, 6.07) is 7.17. The average molecular weight is 320 g/mol. The molecule has 1 aromatic carbocycles. The van der Waals surface area contributed by atoms with E-state index < -0.39 is 5.97 Å². The van der Waals surface area contributed by atoms with Crippen molar-refractivity contribution in [2.45, 2.75) is 11.9 Å². The summed E-state index contributed by atoms with van der Waals surface area (Å²) >= 11 is 1.16. The number of aliphatic carboxylic acids is 1. The van der Waals surface area contributed by atoms with Crippen LogP contribution in [0.15, 0.2) is 29.3 Å². The number of hydrogen-bond donors (Lipinski definition) is 1. The number of nitrogens with zero attached hydrogens (tertiary/aromatic N) is 2. The maximum atomic E-state index is 10.7. The highest BCUT2D eigenvalue weighted by Crippen LogP contribution is 2.31. The van der Waals surface area contributed by atoms with Gasteiger partial charge in [-0.05, 0) is 31.2 Å². The number of ether oxygens (including phenoxy) is 2. The van der Waals surface area contributed by atoms with Crippen LogP contribution in [0, 0.1) is 6.92 Å². The number of hydrogen-bond acceptors (Lipinski definition) is 6. The van der Waals surface area contributed by atoms with Gasteiger partial charge in [0.05, 0.1) is 20.0 Å². The van der Waals surface area contributed by atoms with Crippen molar-refractivity contribution in [2.24, 2.45) is 0 Å². The molecular formula is C15H16N2O4S. The first kappa shape index (κ1) is 16.1. The zero-order valence-corrected chi connectivity index (χ0v) is 13.3. The lowest BCUT2D eigenvalue weighted by Gasteiger charge is -2.10. The van der Waals surface area contributed by atoms with E-state index >= 15 is 0 Å². The molecule has 1 aromatic heterocycles. The molecule has 0 aliphatic carbocycles. The molecule has 0 amide bonds. The lowest BCUT2D eigenvalue weighted by Crippen LogP contribution is -2.00. The summed E-state index contributed by atoms with van der Waals surface area (Å²) < 4.78 is 10.5. The monoisotopic (exact) mass is 320 g/mol. The molecule has 0 saturated carbocycles. The van der Waals surface area contributed by atoms with Crippen molar-refractivity contribution in [3.8, 4) is 22.9 Å². The van der Waals surface area contributed by atoms with Crippen LogP contribution >= 0.6 is 11.8 Å². The predicted molar refractivity (Wildman–Crippen MR) is 83.7 cm³/mol. The summed E-state index contributed by atoms with van der Waals surface area (Å²) in [5, 5.41) is 9.39. The zero-order valence-electron chi connectivity index (χ0n) is 12.5. The molecule has 2 aromatic rings. The minimum absolute atomic E-state index is 0.0399. The molecule has 116 valence electrons. The van der Waals surface area contributed by atoms with E-state index in [1.54, 1.807) is 32.4 Å². The van der Waals surface area contributed by atoms with E-state index in [-0.39, 0.29) is 5.75 Å². The van der Waals surface area contributed by atoms with Crippen molar-refractivity contribution in [1.29, 1.82) is 0 Å². The van der Waals surface area contributed by atoms with E-state index in [0.717, 1.165) is 23.0 Å². The van der Waals surface area contributed by atoms with Crippen LogP contribution in [-0.2, 0) is 4.79 Å². The third-order valence-corrected chi connectivity index (χ3v) is 3.71. The molecule has 0 aliphatic rings. The van der Waals surface area contributed by atoms with Crippen molar-refractivity contribution in [3.63, 3.8) is 0 Å². The average Bonchev–Trinajstić information content (AvgIpc) is 2.51. The number of rotatable bonds is 6. The topological polar surface area (TPSA) is 81.5 Å². The number of aromatic nitrogens is 2. The van der Waals surface area contributed by atoms with Crippen LogP contribution in [0.4, 0.5) is 0 Å². The van der Waals surface area contributed by atoms with E-state index in [1.807, 2.05) is 13.0 Å². The van der Waals surface area contributed by atoms with Crippen LogP contribution < -0.4 is 9.47 Å². The first-order chi connectivity index (χ1) is 10.5. The molecule has 0 aliphatic heterocycles. The lowest BCUT2D eigenvalue weighted by molar-refractivity contribution is -0.133.